The fraction of sp³-hybridized carbons (Fsp3) is 0.500. The SMILES string of the molecule is COC(=O)C[C@@H]1CN2CC[C@H]1C[C@H]2[C@H](O)c1ccnc2ccccc12. The number of aromatic nitrogens is 1. The number of fused-ring (bicyclic) bond motifs is 4. The minimum absolute atomic E-state index is 0.110. The first-order chi connectivity index (χ1) is 12.2. The molecule has 4 heterocycles. The van der Waals surface area contributed by atoms with Gasteiger partial charge in [0.05, 0.1) is 18.7 Å². The molecule has 1 aromatic heterocycles. The number of benzene rings is 1. The molecule has 3 aliphatic rings. The third-order valence-corrected chi connectivity index (χ3v) is 5.96. The summed E-state index contributed by atoms with van der Waals surface area (Å²) in [6.07, 6.45) is 3.76. The maximum absolute atomic E-state index is 11.6. The van der Waals surface area contributed by atoms with Gasteiger partial charge in [0, 0.05) is 30.6 Å². The van der Waals surface area contributed by atoms with Crippen molar-refractivity contribution in [3.8, 4) is 0 Å². The molecule has 5 atom stereocenters. The number of esters is 1. The van der Waals surface area contributed by atoms with Crippen LogP contribution in [0.3, 0.4) is 0 Å². The molecule has 25 heavy (non-hydrogen) atoms. The van der Waals surface area contributed by atoms with Gasteiger partial charge in [-0.3, -0.25) is 14.7 Å². The standard InChI is InChI=1S/C20H24N2O3/c1-25-19(23)11-14-12-22-9-7-13(14)10-18(22)20(24)16-6-8-21-17-5-3-2-4-15(16)17/h2-6,8,13-14,18,20,24H,7,9-12H2,1H3/t13-,14+,18-,20+/m0/s1. The van der Waals surface area contributed by atoms with E-state index >= 15 is 0 Å². The third-order valence-electron chi connectivity index (χ3n) is 5.96. The Kier molecular flexibility index (Phi) is 4.44. The topological polar surface area (TPSA) is 62.7 Å². The van der Waals surface area contributed by atoms with Crippen LogP contribution in [0, 0.1) is 11.8 Å². The summed E-state index contributed by atoms with van der Waals surface area (Å²) in [4.78, 5) is 18.4. The molecule has 5 rings (SSSR count). The summed E-state index contributed by atoms with van der Waals surface area (Å²) in [7, 11) is 1.45. The van der Waals surface area contributed by atoms with Crippen molar-refractivity contribution < 1.29 is 14.6 Å². The average Bonchev–Trinajstić information content (AvgIpc) is 2.67. The van der Waals surface area contributed by atoms with E-state index < -0.39 is 6.10 Å². The van der Waals surface area contributed by atoms with E-state index in [0.29, 0.717) is 18.3 Å². The van der Waals surface area contributed by atoms with Crippen molar-refractivity contribution in [1.82, 2.24) is 9.88 Å². The minimum Gasteiger partial charge on any atom is -0.469 e. The summed E-state index contributed by atoms with van der Waals surface area (Å²) >= 11 is 0. The van der Waals surface area contributed by atoms with E-state index in [-0.39, 0.29) is 12.0 Å². The molecule has 3 saturated heterocycles. The summed E-state index contributed by atoms with van der Waals surface area (Å²) in [5.74, 6) is 0.701. The fourth-order valence-corrected chi connectivity index (χ4v) is 4.62. The molecule has 3 aliphatic heterocycles. The van der Waals surface area contributed by atoms with E-state index in [1.807, 2.05) is 30.3 Å². The van der Waals surface area contributed by atoms with Crippen molar-refractivity contribution >= 4 is 16.9 Å². The largest absolute Gasteiger partial charge is 0.469 e. The second-order valence-electron chi connectivity index (χ2n) is 7.25. The van der Waals surface area contributed by atoms with Gasteiger partial charge >= 0.3 is 5.97 Å². The first kappa shape index (κ1) is 16.5. The molecule has 5 nitrogen and oxygen atoms in total. The van der Waals surface area contributed by atoms with Crippen LogP contribution in [-0.2, 0) is 9.53 Å². The number of para-hydroxylation sites is 1. The van der Waals surface area contributed by atoms with E-state index in [1.54, 1.807) is 6.20 Å². The van der Waals surface area contributed by atoms with Gasteiger partial charge in [-0.25, -0.2) is 0 Å². The highest BCUT2D eigenvalue weighted by molar-refractivity contribution is 5.82. The van der Waals surface area contributed by atoms with Crippen LogP contribution in [0.2, 0.25) is 0 Å². The maximum Gasteiger partial charge on any atom is 0.305 e. The van der Waals surface area contributed by atoms with Crippen molar-refractivity contribution in [3.05, 3.63) is 42.1 Å². The van der Waals surface area contributed by atoms with Crippen LogP contribution < -0.4 is 0 Å². The molecule has 1 aromatic carbocycles. The molecule has 2 aromatic rings. The first-order valence-electron chi connectivity index (χ1n) is 9.00. The highest BCUT2D eigenvalue weighted by atomic mass is 16.5. The van der Waals surface area contributed by atoms with Crippen molar-refractivity contribution in [2.45, 2.75) is 31.4 Å². The molecular weight excluding hydrogens is 316 g/mol. The zero-order chi connectivity index (χ0) is 17.4. The highest BCUT2D eigenvalue weighted by Crippen LogP contribution is 2.42. The van der Waals surface area contributed by atoms with Crippen molar-refractivity contribution in [2.75, 3.05) is 20.2 Å². The summed E-state index contributed by atoms with van der Waals surface area (Å²) in [6.45, 7) is 1.86. The van der Waals surface area contributed by atoms with Gasteiger partial charge < -0.3 is 9.84 Å². The van der Waals surface area contributed by atoms with Gasteiger partial charge in [0.25, 0.3) is 0 Å². The molecule has 0 radical (unpaired) electrons. The zero-order valence-corrected chi connectivity index (χ0v) is 14.5. The molecule has 5 heteroatoms. The Morgan fingerprint density at radius 3 is 3.00 bits per heavy atom. The number of rotatable bonds is 4. The van der Waals surface area contributed by atoms with Crippen LogP contribution >= 0.6 is 0 Å². The van der Waals surface area contributed by atoms with Crippen molar-refractivity contribution in [3.63, 3.8) is 0 Å². The van der Waals surface area contributed by atoms with E-state index in [9.17, 15) is 9.90 Å². The van der Waals surface area contributed by atoms with Gasteiger partial charge in [0.2, 0.25) is 0 Å². The van der Waals surface area contributed by atoms with Gasteiger partial charge in [-0.1, -0.05) is 18.2 Å². The summed E-state index contributed by atoms with van der Waals surface area (Å²) < 4.78 is 4.84. The molecule has 1 unspecified atom stereocenters. The number of piperidine rings is 3. The number of carbonyl (C=O) groups is 1. The van der Waals surface area contributed by atoms with E-state index in [0.717, 1.165) is 42.4 Å². The van der Waals surface area contributed by atoms with Crippen LogP contribution in [0.5, 0.6) is 0 Å². The maximum atomic E-state index is 11.6. The van der Waals surface area contributed by atoms with E-state index in [4.69, 9.17) is 4.74 Å². The Morgan fingerprint density at radius 1 is 1.40 bits per heavy atom. The van der Waals surface area contributed by atoms with Gasteiger partial charge in [-0.15, -0.1) is 0 Å². The van der Waals surface area contributed by atoms with Crippen molar-refractivity contribution in [1.29, 1.82) is 0 Å². The van der Waals surface area contributed by atoms with Gasteiger partial charge in [0.1, 0.15) is 0 Å². The lowest BCUT2D eigenvalue weighted by atomic mass is 9.72. The smallest absolute Gasteiger partial charge is 0.305 e. The Labute approximate surface area is 147 Å². The number of nitrogens with zero attached hydrogens (tertiary/aromatic N) is 2. The molecule has 0 saturated carbocycles. The number of hydrogen-bond acceptors (Lipinski definition) is 5. The number of carbonyl (C=O) groups excluding carboxylic acids is 1. The lowest BCUT2D eigenvalue weighted by Gasteiger charge is -2.51. The van der Waals surface area contributed by atoms with Gasteiger partial charge in [-0.2, -0.15) is 0 Å². The predicted molar refractivity (Wildman–Crippen MR) is 94.9 cm³/mol. The molecule has 0 amide bonds. The van der Waals surface area contributed by atoms with Crippen LogP contribution in [0.4, 0.5) is 0 Å². The molecule has 3 fully saturated rings. The fourth-order valence-electron chi connectivity index (χ4n) is 4.62. The highest BCUT2D eigenvalue weighted by Gasteiger charge is 2.43. The van der Waals surface area contributed by atoms with Crippen LogP contribution in [0.25, 0.3) is 10.9 Å². The molecule has 1 N–H and O–H groups in total. The monoisotopic (exact) mass is 340 g/mol. The zero-order valence-electron chi connectivity index (χ0n) is 14.5. The van der Waals surface area contributed by atoms with Crippen molar-refractivity contribution in [2.24, 2.45) is 11.8 Å². The van der Waals surface area contributed by atoms with Gasteiger partial charge in [-0.05, 0) is 48.9 Å². The second kappa shape index (κ2) is 6.73. The lowest BCUT2D eigenvalue weighted by Crippen LogP contribution is -2.55. The number of hydrogen-bond donors (Lipinski definition) is 1. The second-order valence-corrected chi connectivity index (χ2v) is 7.25. The van der Waals surface area contributed by atoms with Crippen LogP contribution in [0.15, 0.2) is 36.5 Å². The molecule has 2 bridgehead atoms. The molecule has 132 valence electrons. The molecule has 0 aliphatic carbocycles. The Bertz CT molecular complexity index is 773. The minimum atomic E-state index is -0.533. The normalized spacial score (nSPS) is 29.5. The predicted octanol–water partition coefficient (Wildman–Crippen LogP) is 2.54. The first-order valence-corrected chi connectivity index (χ1v) is 9.00. The van der Waals surface area contributed by atoms with E-state index in [2.05, 4.69) is 9.88 Å². The summed E-state index contributed by atoms with van der Waals surface area (Å²) in [6, 6.07) is 10.00. The number of pyridine rings is 1. The van der Waals surface area contributed by atoms with Crippen LogP contribution in [-0.4, -0.2) is 47.2 Å². The summed E-state index contributed by atoms with van der Waals surface area (Å²) in [5, 5.41) is 12.1. The number of aliphatic hydroxyl groups excluding tert-OH is 1. The number of methoxy groups -OCH3 is 1. The Morgan fingerprint density at radius 2 is 2.24 bits per heavy atom. The van der Waals surface area contributed by atoms with Crippen LogP contribution in [0.1, 0.15) is 30.9 Å². The Hall–Kier alpha value is -1.98. The lowest BCUT2D eigenvalue weighted by molar-refractivity contribution is -0.144. The molecule has 0 spiro atoms. The number of ether oxygens (including phenoxy) is 1. The van der Waals surface area contributed by atoms with Gasteiger partial charge in [0.15, 0.2) is 0 Å². The Balaban J connectivity index is 1.56. The average molecular weight is 340 g/mol. The van der Waals surface area contributed by atoms with E-state index in [1.165, 1.54) is 7.11 Å². The quantitative estimate of drug-likeness (QED) is 0.867. The number of aliphatic hydroxyl groups is 1. The molecular formula is C20H24N2O3. The summed E-state index contributed by atoms with van der Waals surface area (Å²) in [5.41, 5.74) is 1.87. The third kappa shape index (κ3) is 3.02.